The van der Waals surface area contributed by atoms with E-state index < -0.39 is 0 Å². The Hall–Kier alpha value is -2.54. The number of thioether (sulfide) groups is 1. The van der Waals surface area contributed by atoms with Gasteiger partial charge in [0.2, 0.25) is 0 Å². The third-order valence-corrected chi connectivity index (χ3v) is 3.96. The molecule has 0 spiro atoms. The summed E-state index contributed by atoms with van der Waals surface area (Å²) in [7, 11) is 1.63. The van der Waals surface area contributed by atoms with Crippen molar-refractivity contribution in [3.8, 4) is 5.75 Å². The molecule has 0 atom stereocenters. The molecule has 1 aromatic carbocycles. The van der Waals surface area contributed by atoms with Crippen LogP contribution in [-0.4, -0.2) is 28.0 Å². The molecule has 0 amide bonds. The lowest BCUT2D eigenvalue weighted by molar-refractivity contribution is 0.414. The van der Waals surface area contributed by atoms with Gasteiger partial charge in [-0.15, -0.1) is 0 Å². The summed E-state index contributed by atoms with van der Waals surface area (Å²) in [5.74, 6) is 0.799. The van der Waals surface area contributed by atoms with E-state index in [0.717, 1.165) is 16.7 Å². The minimum atomic E-state index is -0.156. The number of nitrogens with zero attached hydrogens (tertiary/aromatic N) is 3. The average molecular weight is 328 g/mol. The van der Waals surface area contributed by atoms with Gasteiger partial charge in [0.1, 0.15) is 5.75 Å². The number of pyridine rings is 1. The molecule has 0 saturated heterocycles. The zero-order valence-electron chi connectivity index (χ0n) is 12.8. The molecule has 2 aromatic heterocycles. The molecule has 0 fully saturated rings. The quantitative estimate of drug-likeness (QED) is 0.572. The minimum Gasteiger partial charge on any atom is -0.497 e. The number of fused-ring (bicyclic) bond motifs is 1. The molecule has 0 aliphatic rings. The topological polar surface area (TPSA) is 69.0 Å². The highest BCUT2D eigenvalue weighted by atomic mass is 32.2. The van der Waals surface area contributed by atoms with Crippen LogP contribution >= 0.6 is 11.8 Å². The number of ether oxygens (including phenoxy) is 1. The Labute approximate surface area is 137 Å². The normalized spacial score (nSPS) is 10.7. The molecule has 0 aliphatic heterocycles. The maximum Gasteiger partial charge on any atom is 0.270 e. The van der Waals surface area contributed by atoms with Gasteiger partial charge in [0.05, 0.1) is 13.7 Å². The fourth-order valence-electron chi connectivity index (χ4n) is 2.17. The molecular formula is C16H16N4O2S. The zero-order valence-corrected chi connectivity index (χ0v) is 13.6. The van der Waals surface area contributed by atoms with Gasteiger partial charge in [0.15, 0.2) is 10.8 Å². The first-order valence-corrected chi connectivity index (χ1v) is 8.23. The lowest BCUT2D eigenvalue weighted by Gasteiger charge is -2.12. The van der Waals surface area contributed by atoms with Crippen LogP contribution in [0.25, 0.3) is 11.0 Å². The maximum absolute atomic E-state index is 12.2. The van der Waals surface area contributed by atoms with Crippen LogP contribution in [-0.2, 0) is 6.54 Å². The zero-order chi connectivity index (χ0) is 16.2. The van der Waals surface area contributed by atoms with E-state index in [4.69, 9.17) is 4.74 Å². The number of aromatic nitrogens is 3. The van der Waals surface area contributed by atoms with Gasteiger partial charge < -0.3 is 10.2 Å². The smallest absolute Gasteiger partial charge is 0.270 e. The molecule has 6 nitrogen and oxygen atoms in total. The second-order valence-corrected chi connectivity index (χ2v) is 5.60. The predicted octanol–water partition coefficient (Wildman–Crippen LogP) is 2.27. The van der Waals surface area contributed by atoms with Gasteiger partial charge in [-0.25, -0.2) is 14.6 Å². The summed E-state index contributed by atoms with van der Waals surface area (Å²) in [5, 5.41) is 1.44. The predicted molar refractivity (Wildman–Crippen MR) is 91.6 cm³/mol. The van der Waals surface area contributed by atoms with Gasteiger partial charge in [-0.05, 0) is 30.0 Å². The first-order chi connectivity index (χ1) is 11.2. The van der Waals surface area contributed by atoms with E-state index >= 15 is 0 Å². The van der Waals surface area contributed by atoms with Crippen LogP contribution in [0.1, 0.15) is 5.56 Å². The summed E-state index contributed by atoms with van der Waals surface area (Å²) in [6.45, 7) is 0.502. The molecule has 0 aliphatic carbocycles. The van der Waals surface area contributed by atoms with Crippen molar-refractivity contribution >= 4 is 22.8 Å². The van der Waals surface area contributed by atoms with Crippen LogP contribution in [0.3, 0.4) is 0 Å². The molecular weight excluding hydrogens is 312 g/mol. The Bertz CT molecular complexity index is 877. The van der Waals surface area contributed by atoms with Crippen LogP contribution in [0, 0.1) is 0 Å². The number of hydrogen-bond acceptors (Lipinski definition) is 6. The Morgan fingerprint density at radius 1 is 1.22 bits per heavy atom. The maximum atomic E-state index is 12.2. The number of methoxy groups -OCH3 is 1. The first-order valence-electron chi connectivity index (χ1n) is 7.01. The van der Waals surface area contributed by atoms with Crippen LogP contribution in [0.2, 0.25) is 0 Å². The summed E-state index contributed by atoms with van der Waals surface area (Å²) >= 11 is 1.44. The Balaban J connectivity index is 1.91. The van der Waals surface area contributed by atoms with Gasteiger partial charge in [-0.1, -0.05) is 23.9 Å². The summed E-state index contributed by atoms with van der Waals surface area (Å²) in [6, 6.07) is 10.9. The van der Waals surface area contributed by atoms with Crippen molar-refractivity contribution < 1.29 is 4.74 Å². The van der Waals surface area contributed by atoms with E-state index in [1.165, 1.54) is 22.5 Å². The van der Waals surface area contributed by atoms with E-state index in [9.17, 15) is 4.79 Å². The van der Waals surface area contributed by atoms with E-state index in [0.29, 0.717) is 17.3 Å². The second kappa shape index (κ2) is 6.70. The molecule has 7 heteroatoms. The van der Waals surface area contributed by atoms with Crippen molar-refractivity contribution in [3.05, 3.63) is 58.5 Å². The van der Waals surface area contributed by atoms with Crippen LogP contribution in [0.15, 0.2) is 52.5 Å². The van der Waals surface area contributed by atoms with E-state index in [1.807, 2.05) is 30.5 Å². The summed E-state index contributed by atoms with van der Waals surface area (Å²) < 4.78 is 6.60. The molecule has 0 bridgehead atoms. The Morgan fingerprint density at radius 2 is 2.00 bits per heavy atom. The van der Waals surface area contributed by atoms with Crippen molar-refractivity contribution in [2.45, 2.75) is 11.7 Å². The summed E-state index contributed by atoms with van der Waals surface area (Å²) in [4.78, 5) is 20.8. The molecule has 118 valence electrons. The van der Waals surface area contributed by atoms with Crippen molar-refractivity contribution in [1.82, 2.24) is 14.6 Å². The molecule has 3 rings (SSSR count). The molecule has 2 heterocycles. The largest absolute Gasteiger partial charge is 0.497 e. The molecule has 0 saturated carbocycles. The standard InChI is InChI=1S/C16H16N4O2S/c1-22-13-6-3-11(4-7-13)9-18-20-14(21)8-5-12-10-17-16(23-2)19-15(12)20/h3-8,10,18H,9H2,1-2H3. The van der Waals surface area contributed by atoms with E-state index in [-0.39, 0.29) is 5.56 Å². The highest BCUT2D eigenvalue weighted by molar-refractivity contribution is 7.98. The van der Waals surface area contributed by atoms with Gasteiger partial charge in [-0.2, -0.15) is 0 Å². The van der Waals surface area contributed by atoms with Crippen LogP contribution in [0.5, 0.6) is 5.75 Å². The van der Waals surface area contributed by atoms with Crippen LogP contribution in [0.4, 0.5) is 0 Å². The molecule has 3 aromatic rings. The van der Waals surface area contributed by atoms with Gasteiger partial charge in [0, 0.05) is 17.6 Å². The minimum absolute atomic E-state index is 0.156. The third-order valence-electron chi connectivity index (χ3n) is 3.39. The summed E-state index contributed by atoms with van der Waals surface area (Å²) in [6.07, 6.45) is 3.62. The van der Waals surface area contributed by atoms with Gasteiger partial charge in [0.25, 0.3) is 5.56 Å². The number of nitrogens with one attached hydrogen (secondary N) is 1. The molecule has 1 N–H and O–H groups in total. The fraction of sp³-hybridized carbons (Fsp3) is 0.188. The van der Waals surface area contributed by atoms with E-state index in [2.05, 4.69) is 15.4 Å². The van der Waals surface area contributed by atoms with Crippen molar-refractivity contribution in [2.24, 2.45) is 0 Å². The lowest BCUT2D eigenvalue weighted by Crippen LogP contribution is -2.29. The third kappa shape index (κ3) is 3.29. The Morgan fingerprint density at radius 3 is 2.70 bits per heavy atom. The van der Waals surface area contributed by atoms with E-state index in [1.54, 1.807) is 19.4 Å². The molecule has 23 heavy (non-hydrogen) atoms. The monoisotopic (exact) mass is 328 g/mol. The van der Waals surface area contributed by atoms with Crippen molar-refractivity contribution in [2.75, 3.05) is 18.8 Å². The number of benzene rings is 1. The molecule has 0 unspecified atom stereocenters. The van der Waals surface area contributed by atoms with Gasteiger partial charge in [-0.3, -0.25) is 4.79 Å². The first kappa shape index (κ1) is 15.4. The van der Waals surface area contributed by atoms with Crippen molar-refractivity contribution in [3.63, 3.8) is 0 Å². The Kier molecular flexibility index (Phi) is 4.47. The number of rotatable bonds is 5. The summed E-state index contributed by atoms with van der Waals surface area (Å²) in [5.41, 5.74) is 4.58. The number of hydrogen-bond donors (Lipinski definition) is 1. The lowest BCUT2D eigenvalue weighted by atomic mass is 10.2. The average Bonchev–Trinajstić information content (AvgIpc) is 2.61. The highest BCUT2D eigenvalue weighted by Gasteiger charge is 2.06. The fourth-order valence-corrected chi connectivity index (χ4v) is 2.50. The highest BCUT2D eigenvalue weighted by Crippen LogP contribution is 2.14. The van der Waals surface area contributed by atoms with Crippen molar-refractivity contribution in [1.29, 1.82) is 0 Å². The van der Waals surface area contributed by atoms with Crippen LogP contribution < -0.4 is 15.7 Å². The molecule has 0 radical (unpaired) electrons. The SMILES string of the molecule is COc1ccc(CNn2c(=O)ccc3cnc(SC)nc32)cc1. The van der Waals surface area contributed by atoms with Gasteiger partial charge >= 0.3 is 0 Å². The second-order valence-electron chi connectivity index (χ2n) is 4.83.